The number of nitrogens with zero attached hydrogens (tertiary/aromatic N) is 3. The summed E-state index contributed by atoms with van der Waals surface area (Å²) >= 11 is 0. The van der Waals surface area contributed by atoms with Gasteiger partial charge in [0.15, 0.2) is 5.82 Å². The van der Waals surface area contributed by atoms with E-state index in [0.29, 0.717) is 0 Å². The smallest absolute Gasteiger partial charge is 0.150 e. The van der Waals surface area contributed by atoms with E-state index in [0.717, 1.165) is 37.5 Å². The molecule has 0 saturated heterocycles. The third kappa shape index (κ3) is 3.28. The number of aromatic nitrogens is 3. The molecular formula is C12H23N5. The topological polar surface area (TPSA) is 80.6 Å². The van der Waals surface area contributed by atoms with Crippen LogP contribution >= 0.6 is 0 Å². The fraction of sp³-hybridized carbons (Fsp3) is 0.750. The van der Waals surface area contributed by atoms with Gasteiger partial charge in [-0.1, -0.05) is 27.7 Å². The van der Waals surface area contributed by atoms with E-state index >= 15 is 0 Å². The lowest BCUT2D eigenvalue weighted by Crippen LogP contribution is -2.32. The van der Waals surface area contributed by atoms with Gasteiger partial charge in [0.1, 0.15) is 5.82 Å². The highest BCUT2D eigenvalue weighted by molar-refractivity contribution is 5.82. The number of amidine groups is 1. The van der Waals surface area contributed by atoms with Crippen LogP contribution in [-0.4, -0.2) is 20.6 Å². The average molecular weight is 237 g/mol. The Hall–Kier alpha value is -1.39. The molecule has 0 saturated carbocycles. The molecule has 0 bridgehead atoms. The molecule has 0 aliphatic carbocycles. The summed E-state index contributed by atoms with van der Waals surface area (Å²) in [7, 11) is 0. The van der Waals surface area contributed by atoms with Crippen molar-refractivity contribution in [3.8, 4) is 0 Å². The van der Waals surface area contributed by atoms with Crippen LogP contribution in [0.15, 0.2) is 0 Å². The third-order valence-corrected chi connectivity index (χ3v) is 3.10. The molecule has 5 heteroatoms. The second kappa shape index (κ2) is 5.29. The molecule has 1 rings (SSSR count). The highest BCUT2D eigenvalue weighted by Crippen LogP contribution is 2.20. The van der Waals surface area contributed by atoms with Gasteiger partial charge in [0.2, 0.25) is 0 Å². The van der Waals surface area contributed by atoms with Crippen molar-refractivity contribution in [2.24, 2.45) is 11.1 Å². The van der Waals surface area contributed by atoms with Gasteiger partial charge in [-0.15, -0.1) is 0 Å². The van der Waals surface area contributed by atoms with E-state index in [4.69, 9.17) is 11.1 Å². The summed E-state index contributed by atoms with van der Waals surface area (Å²) < 4.78 is 1.95. The largest absolute Gasteiger partial charge is 0.387 e. The second-order valence-corrected chi connectivity index (χ2v) is 4.92. The Morgan fingerprint density at radius 1 is 1.35 bits per heavy atom. The van der Waals surface area contributed by atoms with Gasteiger partial charge in [-0.3, -0.25) is 5.41 Å². The molecule has 0 fully saturated rings. The minimum Gasteiger partial charge on any atom is -0.387 e. The molecule has 1 aromatic heterocycles. The Morgan fingerprint density at radius 2 is 2.00 bits per heavy atom. The van der Waals surface area contributed by atoms with Crippen molar-refractivity contribution in [2.45, 2.75) is 53.5 Å². The monoisotopic (exact) mass is 237 g/mol. The van der Waals surface area contributed by atoms with E-state index in [1.807, 2.05) is 18.5 Å². The lowest BCUT2D eigenvalue weighted by molar-refractivity contribution is 0.404. The van der Waals surface area contributed by atoms with E-state index in [1.165, 1.54) is 0 Å². The molecule has 17 heavy (non-hydrogen) atoms. The van der Waals surface area contributed by atoms with Gasteiger partial charge in [-0.25, -0.2) is 9.67 Å². The van der Waals surface area contributed by atoms with Crippen LogP contribution in [0.2, 0.25) is 0 Å². The number of aryl methyl sites for hydroxylation is 3. The minimum atomic E-state index is -0.274. The zero-order valence-electron chi connectivity index (χ0n) is 11.2. The summed E-state index contributed by atoms with van der Waals surface area (Å²) in [4.78, 5) is 4.46. The fourth-order valence-electron chi connectivity index (χ4n) is 1.54. The van der Waals surface area contributed by atoms with Crippen LogP contribution < -0.4 is 5.73 Å². The summed E-state index contributed by atoms with van der Waals surface area (Å²) in [6.45, 7) is 8.87. The number of rotatable bonds is 6. The lowest BCUT2D eigenvalue weighted by atomic mass is 9.88. The zero-order chi connectivity index (χ0) is 13.1. The second-order valence-electron chi connectivity index (χ2n) is 4.92. The van der Waals surface area contributed by atoms with Gasteiger partial charge in [-0.05, 0) is 6.42 Å². The first-order valence-corrected chi connectivity index (χ1v) is 6.17. The molecule has 0 amide bonds. The molecular weight excluding hydrogens is 214 g/mol. The molecule has 1 aromatic rings. The number of hydrogen-bond donors (Lipinski definition) is 2. The van der Waals surface area contributed by atoms with Crippen molar-refractivity contribution in [1.82, 2.24) is 14.8 Å². The lowest BCUT2D eigenvalue weighted by Gasteiger charge is -2.22. The summed E-state index contributed by atoms with van der Waals surface area (Å²) in [5.74, 6) is 2.13. The molecule has 0 aromatic carbocycles. The van der Waals surface area contributed by atoms with Crippen molar-refractivity contribution in [3.63, 3.8) is 0 Å². The standard InChI is InChI=1S/C12H23N5/c1-5-9-15-10(6-2)17(16-9)8-7-12(3,4)11(13)14/h5-8H2,1-4H3,(H3,13,14). The Balaban J connectivity index is 2.75. The predicted octanol–water partition coefficient (Wildman–Crippen LogP) is 1.76. The van der Waals surface area contributed by atoms with Crippen LogP contribution in [0.3, 0.4) is 0 Å². The molecule has 0 spiro atoms. The van der Waals surface area contributed by atoms with E-state index in [9.17, 15) is 0 Å². The molecule has 3 N–H and O–H groups in total. The van der Waals surface area contributed by atoms with Gasteiger partial charge in [-0.2, -0.15) is 5.10 Å². The zero-order valence-corrected chi connectivity index (χ0v) is 11.2. The van der Waals surface area contributed by atoms with Crippen LogP contribution in [0.4, 0.5) is 0 Å². The van der Waals surface area contributed by atoms with Crippen LogP contribution in [0, 0.1) is 10.8 Å². The Morgan fingerprint density at radius 3 is 2.47 bits per heavy atom. The Labute approximate surface area is 103 Å². The number of nitrogens with two attached hydrogens (primary N) is 1. The van der Waals surface area contributed by atoms with Gasteiger partial charge >= 0.3 is 0 Å². The quantitative estimate of drug-likeness (QED) is 0.584. The summed E-state index contributed by atoms with van der Waals surface area (Å²) in [5, 5.41) is 12.0. The van der Waals surface area contributed by atoms with Crippen LogP contribution in [0.1, 0.15) is 45.8 Å². The van der Waals surface area contributed by atoms with Crippen LogP contribution in [0.25, 0.3) is 0 Å². The van der Waals surface area contributed by atoms with Crippen LogP contribution in [0.5, 0.6) is 0 Å². The van der Waals surface area contributed by atoms with E-state index in [2.05, 4.69) is 23.9 Å². The van der Waals surface area contributed by atoms with Gasteiger partial charge < -0.3 is 5.73 Å². The van der Waals surface area contributed by atoms with Crippen molar-refractivity contribution >= 4 is 5.84 Å². The van der Waals surface area contributed by atoms with Gasteiger partial charge in [0, 0.05) is 24.8 Å². The van der Waals surface area contributed by atoms with Gasteiger partial charge in [0.25, 0.3) is 0 Å². The molecule has 0 aliphatic rings. The molecule has 0 atom stereocenters. The van der Waals surface area contributed by atoms with E-state index in [-0.39, 0.29) is 11.3 Å². The number of nitrogens with one attached hydrogen (secondary N) is 1. The SMILES string of the molecule is CCc1nc(CC)n(CCC(C)(C)C(=N)N)n1. The molecule has 0 aliphatic heterocycles. The van der Waals surface area contributed by atoms with Gasteiger partial charge in [0.05, 0.1) is 5.84 Å². The molecule has 0 radical (unpaired) electrons. The van der Waals surface area contributed by atoms with Crippen molar-refractivity contribution in [1.29, 1.82) is 5.41 Å². The summed E-state index contributed by atoms with van der Waals surface area (Å²) in [6.07, 6.45) is 2.55. The average Bonchev–Trinajstić information content (AvgIpc) is 2.68. The molecule has 0 unspecified atom stereocenters. The highest BCUT2D eigenvalue weighted by atomic mass is 15.3. The normalized spacial score (nSPS) is 11.8. The fourth-order valence-corrected chi connectivity index (χ4v) is 1.54. The molecule has 96 valence electrons. The summed E-state index contributed by atoms with van der Waals surface area (Å²) in [5.41, 5.74) is 5.30. The molecule has 5 nitrogen and oxygen atoms in total. The third-order valence-electron chi connectivity index (χ3n) is 3.10. The molecule has 1 heterocycles. The van der Waals surface area contributed by atoms with E-state index in [1.54, 1.807) is 0 Å². The number of hydrogen-bond acceptors (Lipinski definition) is 3. The predicted molar refractivity (Wildman–Crippen MR) is 69.1 cm³/mol. The summed E-state index contributed by atoms with van der Waals surface area (Å²) in [6, 6.07) is 0. The maximum atomic E-state index is 7.54. The first-order valence-electron chi connectivity index (χ1n) is 6.17. The van der Waals surface area contributed by atoms with Crippen LogP contribution in [-0.2, 0) is 19.4 Å². The first kappa shape index (κ1) is 13.7. The van der Waals surface area contributed by atoms with E-state index < -0.39 is 0 Å². The first-order chi connectivity index (χ1) is 7.90. The van der Waals surface area contributed by atoms with Crippen molar-refractivity contribution in [3.05, 3.63) is 11.6 Å². The Kier molecular flexibility index (Phi) is 4.26. The maximum Gasteiger partial charge on any atom is 0.150 e. The Bertz CT molecular complexity index is 392. The van der Waals surface area contributed by atoms with Crippen molar-refractivity contribution in [2.75, 3.05) is 0 Å². The van der Waals surface area contributed by atoms with Crippen molar-refractivity contribution < 1.29 is 0 Å². The minimum absolute atomic E-state index is 0.228. The highest BCUT2D eigenvalue weighted by Gasteiger charge is 2.22. The maximum absolute atomic E-state index is 7.54.